The van der Waals surface area contributed by atoms with Crippen molar-refractivity contribution in [1.29, 1.82) is 0 Å². The lowest BCUT2D eigenvalue weighted by Gasteiger charge is -2.31. The molecular weight excluding hydrogens is 192 g/mol. The van der Waals surface area contributed by atoms with E-state index in [1.165, 1.54) is 12.8 Å². The summed E-state index contributed by atoms with van der Waals surface area (Å²) in [5.41, 5.74) is 0. The van der Waals surface area contributed by atoms with Gasteiger partial charge in [0.25, 0.3) is 0 Å². The Kier molecular flexibility index (Phi) is 7.80. The molecule has 0 heteroatoms. The van der Waals surface area contributed by atoms with E-state index >= 15 is 0 Å². The molecule has 0 aliphatic heterocycles. The van der Waals surface area contributed by atoms with Gasteiger partial charge < -0.3 is 0 Å². The van der Waals surface area contributed by atoms with Gasteiger partial charge in [-0.15, -0.1) is 0 Å². The molecule has 0 bridgehead atoms. The summed E-state index contributed by atoms with van der Waals surface area (Å²) in [5.74, 6) is 3.88. The minimum atomic E-state index is 0.712. The zero-order valence-corrected chi connectivity index (χ0v) is 12.5. The molecule has 16 heavy (non-hydrogen) atoms. The lowest BCUT2D eigenvalue weighted by molar-refractivity contribution is 0.211. The Morgan fingerprint density at radius 1 is 0.812 bits per heavy atom. The molecule has 0 aromatic carbocycles. The molecule has 0 heterocycles. The highest BCUT2D eigenvalue weighted by Crippen LogP contribution is 2.31. The molecule has 0 fully saturated rings. The second-order valence-electron chi connectivity index (χ2n) is 5.84. The molecule has 0 N–H and O–H groups in total. The van der Waals surface area contributed by atoms with Gasteiger partial charge in [0.15, 0.2) is 0 Å². The summed E-state index contributed by atoms with van der Waals surface area (Å²) in [5, 5.41) is 0. The van der Waals surface area contributed by atoms with Crippen LogP contribution in [0.5, 0.6) is 0 Å². The van der Waals surface area contributed by atoms with Gasteiger partial charge in [-0.2, -0.15) is 0 Å². The van der Waals surface area contributed by atoms with E-state index in [0.29, 0.717) is 5.92 Å². The first-order chi connectivity index (χ1) is 7.43. The van der Waals surface area contributed by atoms with Crippen molar-refractivity contribution in [3.8, 4) is 0 Å². The van der Waals surface area contributed by atoms with Gasteiger partial charge >= 0.3 is 0 Å². The lowest BCUT2D eigenvalue weighted by Crippen LogP contribution is -2.23. The van der Waals surface area contributed by atoms with Crippen LogP contribution in [0.25, 0.3) is 0 Å². The molecule has 0 aliphatic rings. The second kappa shape index (κ2) is 7.92. The summed E-state index contributed by atoms with van der Waals surface area (Å²) < 4.78 is 0. The fourth-order valence-electron chi connectivity index (χ4n) is 2.68. The van der Waals surface area contributed by atoms with Crippen molar-refractivity contribution in [2.75, 3.05) is 0 Å². The molecule has 0 saturated carbocycles. The molecular formula is C16H32. The molecule has 96 valence electrons. The van der Waals surface area contributed by atoms with Crippen LogP contribution in [0.1, 0.15) is 61.3 Å². The number of hydrogen-bond acceptors (Lipinski definition) is 0. The van der Waals surface area contributed by atoms with Crippen LogP contribution in [0, 0.1) is 29.6 Å². The molecule has 0 aliphatic carbocycles. The van der Waals surface area contributed by atoms with E-state index in [2.05, 4.69) is 60.6 Å². The minimum absolute atomic E-state index is 0.712. The van der Waals surface area contributed by atoms with Gasteiger partial charge in [0.1, 0.15) is 0 Å². The van der Waals surface area contributed by atoms with Gasteiger partial charge in [-0.25, -0.2) is 0 Å². The quantitative estimate of drug-likeness (QED) is 0.498. The Morgan fingerprint density at radius 2 is 1.38 bits per heavy atom. The Morgan fingerprint density at radius 3 is 1.75 bits per heavy atom. The van der Waals surface area contributed by atoms with Crippen molar-refractivity contribution in [3.63, 3.8) is 0 Å². The number of allylic oxidation sites excluding steroid dienone is 2. The molecule has 0 radical (unpaired) electrons. The van der Waals surface area contributed by atoms with Crippen molar-refractivity contribution < 1.29 is 0 Å². The molecule has 0 aromatic rings. The predicted molar refractivity (Wildman–Crippen MR) is 75.5 cm³/mol. The van der Waals surface area contributed by atoms with Crippen LogP contribution in [0.2, 0.25) is 0 Å². The Hall–Kier alpha value is -0.260. The van der Waals surface area contributed by atoms with Gasteiger partial charge in [-0.1, -0.05) is 73.5 Å². The number of rotatable bonds is 7. The molecule has 0 nitrogen and oxygen atoms in total. The normalized spacial score (nSPS) is 20.0. The second-order valence-corrected chi connectivity index (χ2v) is 5.84. The maximum atomic E-state index is 2.45. The summed E-state index contributed by atoms with van der Waals surface area (Å²) in [6.07, 6.45) is 7.40. The topological polar surface area (TPSA) is 0 Å². The average Bonchev–Trinajstić information content (AvgIpc) is 2.25. The fourth-order valence-corrected chi connectivity index (χ4v) is 2.68. The first-order valence-electron chi connectivity index (χ1n) is 7.12. The molecule has 0 rings (SSSR count). The van der Waals surface area contributed by atoms with Crippen LogP contribution in [-0.2, 0) is 0 Å². The summed E-state index contributed by atoms with van der Waals surface area (Å²) in [4.78, 5) is 0. The third kappa shape index (κ3) is 5.18. The maximum Gasteiger partial charge on any atom is -0.0228 e. The predicted octanol–water partition coefficient (Wildman–Crippen LogP) is 5.54. The van der Waals surface area contributed by atoms with E-state index in [0.717, 1.165) is 23.7 Å². The minimum Gasteiger partial charge on any atom is -0.0854 e. The fraction of sp³-hybridized carbons (Fsp3) is 0.875. The van der Waals surface area contributed by atoms with E-state index in [1.807, 2.05) is 0 Å². The molecule has 0 saturated heterocycles. The molecule has 0 aromatic heterocycles. The van der Waals surface area contributed by atoms with Crippen molar-refractivity contribution in [2.24, 2.45) is 29.6 Å². The van der Waals surface area contributed by atoms with Gasteiger partial charge in [0.2, 0.25) is 0 Å². The summed E-state index contributed by atoms with van der Waals surface area (Å²) >= 11 is 0. The van der Waals surface area contributed by atoms with Crippen LogP contribution in [-0.4, -0.2) is 0 Å². The van der Waals surface area contributed by atoms with Crippen molar-refractivity contribution in [3.05, 3.63) is 12.2 Å². The maximum absolute atomic E-state index is 2.45. The molecule has 4 atom stereocenters. The summed E-state index contributed by atoms with van der Waals surface area (Å²) in [6.45, 7) is 16.4. The molecule has 0 spiro atoms. The van der Waals surface area contributed by atoms with Crippen LogP contribution >= 0.6 is 0 Å². The highest BCUT2D eigenvalue weighted by molar-refractivity contribution is 4.93. The molecule has 0 amide bonds. The zero-order valence-electron chi connectivity index (χ0n) is 12.5. The van der Waals surface area contributed by atoms with Crippen LogP contribution < -0.4 is 0 Å². The summed E-state index contributed by atoms with van der Waals surface area (Å²) in [6, 6.07) is 0. The Labute approximate surface area is 104 Å². The van der Waals surface area contributed by atoms with E-state index in [4.69, 9.17) is 0 Å². The van der Waals surface area contributed by atoms with Gasteiger partial charge in [0.05, 0.1) is 0 Å². The summed E-state index contributed by atoms with van der Waals surface area (Å²) in [7, 11) is 0. The monoisotopic (exact) mass is 224 g/mol. The van der Waals surface area contributed by atoms with Crippen molar-refractivity contribution in [1.82, 2.24) is 0 Å². The lowest BCUT2D eigenvalue weighted by atomic mass is 9.74. The van der Waals surface area contributed by atoms with Gasteiger partial charge in [-0.05, 0) is 29.6 Å². The SMILES string of the molecule is CCC(C)C=CC(C)C(C(C)C)C(C)CC. The Balaban J connectivity index is 4.50. The standard InChI is InChI=1S/C16H32/c1-8-13(5)10-11-15(7)16(12(3)4)14(6)9-2/h10-16H,8-9H2,1-7H3. The van der Waals surface area contributed by atoms with Crippen LogP contribution in [0.3, 0.4) is 0 Å². The average molecular weight is 224 g/mol. The first kappa shape index (κ1) is 15.7. The van der Waals surface area contributed by atoms with E-state index in [-0.39, 0.29) is 0 Å². The van der Waals surface area contributed by atoms with E-state index < -0.39 is 0 Å². The molecule has 4 unspecified atom stereocenters. The Bertz CT molecular complexity index is 190. The largest absolute Gasteiger partial charge is 0.0854 e. The third-order valence-electron chi connectivity index (χ3n) is 4.07. The smallest absolute Gasteiger partial charge is 0.0228 e. The van der Waals surface area contributed by atoms with Gasteiger partial charge in [0, 0.05) is 0 Å². The van der Waals surface area contributed by atoms with Crippen molar-refractivity contribution in [2.45, 2.75) is 61.3 Å². The van der Waals surface area contributed by atoms with E-state index in [1.54, 1.807) is 0 Å². The first-order valence-corrected chi connectivity index (χ1v) is 7.12. The van der Waals surface area contributed by atoms with Crippen LogP contribution in [0.15, 0.2) is 12.2 Å². The zero-order chi connectivity index (χ0) is 12.7. The number of hydrogen-bond donors (Lipinski definition) is 0. The van der Waals surface area contributed by atoms with Crippen LogP contribution in [0.4, 0.5) is 0 Å². The highest BCUT2D eigenvalue weighted by Gasteiger charge is 2.23. The van der Waals surface area contributed by atoms with E-state index in [9.17, 15) is 0 Å². The van der Waals surface area contributed by atoms with Gasteiger partial charge in [-0.3, -0.25) is 0 Å². The van der Waals surface area contributed by atoms with Crippen molar-refractivity contribution >= 4 is 0 Å². The third-order valence-corrected chi connectivity index (χ3v) is 4.07. The highest BCUT2D eigenvalue weighted by atomic mass is 14.3.